The number of amides is 1. The average molecular weight is 451 g/mol. The SMILES string of the molecule is CC(C)N(C)S(=O)(=O)c1ccc(C(=O)NC2(c3ccc(Br)cc3)CC2)cc1. The standard InChI is InChI=1S/C20H23BrN2O3S/c1-14(2)23(3)27(25,26)18-10-4-15(5-11-18)19(24)22-20(12-13-20)16-6-8-17(21)9-7-16/h4-11,14H,12-13H2,1-3H3,(H,22,24). The van der Waals surface area contributed by atoms with Gasteiger partial charge in [-0.3, -0.25) is 4.79 Å². The molecule has 2 aromatic rings. The lowest BCUT2D eigenvalue weighted by Gasteiger charge is -2.21. The fourth-order valence-corrected chi connectivity index (χ4v) is 4.52. The molecule has 0 bridgehead atoms. The third-order valence-corrected chi connectivity index (χ3v) is 7.60. The molecule has 1 aliphatic rings. The van der Waals surface area contributed by atoms with E-state index in [0.29, 0.717) is 5.56 Å². The summed E-state index contributed by atoms with van der Waals surface area (Å²) in [5.41, 5.74) is 1.21. The minimum absolute atomic E-state index is 0.140. The number of hydrogen-bond acceptors (Lipinski definition) is 3. The van der Waals surface area contributed by atoms with Crippen LogP contribution in [0.1, 0.15) is 42.6 Å². The summed E-state index contributed by atoms with van der Waals surface area (Å²) in [5.74, 6) is -0.198. The van der Waals surface area contributed by atoms with Crippen molar-refractivity contribution in [1.29, 1.82) is 0 Å². The molecule has 1 saturated carbocycles. The summed E-state index contributed by atoms with van der Waals surface area (Å²) in [6.07, 6.45) is 1.79. The molecule has 0 atom stereocenters. The van der Waals surface area contributed by atoms with E-state index in [-0.39, 0.29) is 22.4 Å². The maximum absolute atomic E-state index is 12.7. The van der Waals surface area contributed by atoms with Crippen molar-refractivity contribution in [3.63, 3.8) is 0 Å². The molecule has 0 heterocycles. The molecule has 5 nitrogen and oxygen atoms in total. The zero-order valence-electron chi connectivity index (χ0n) is 15.6. The molecular formula is C20H23BrN2O3S. The van der Waals surface area contributed by atoms with E-state index < -0.39 is 10.0 Å². The van der Waals surface area contributed by atoms with Crippen LogP contribution in [-0.2, 0) is 15.6 Å². The van der Waals surface area contributed by atoms with Gasteiger partial charge in [-0.05, 0) is 68.7 Å². The second kappa shape index (κ2) is 7.37. The van der Waals surface area contributed by atoms with Crippen molar-refractivity contribution in [1.82, 2.24) is 9.62 Å². The van der Waals surface area contributed by atoms with Crippen molar-refractivity contribution in [3.05, 3.63) is 64.1 Å². The molecule has 0 aliphatic heterocycles. The van der Waals surface area contributed by atoms with Gasteiger partial charge in [0.2, 0.25) is 10.0 Å². The zero-order valence-corrected chi connectivity index (χ0v) is 18.0. The topological polar surface area (TPSA) is 66.5 Å². The minimum Gasteiger partial charge on any atom is -0.343 e. The van der Waals surface area contributed by atoms with Crippen molar-refractivity contribution < 1.29 is 13.2 Å². The summed E-state index contributed by atoms with van der Waals surface area (Å²) in [7, 11) is -2.00. The fraction of sp³-hybridized carbons (Fsp3) is 0.350. The number of rotatable bonds is 6. The first-order valence-electron chi connectivity index (χ1n) is 8.82. The Labute approximate surface area is 169 Å². The van der Waals surface area contributed by atoms with Gasteiger partial charge in [-0.2, -0.15) is 4.31 Å². The molecule has 1 amide bonds. The number of carbonyl (C=O) groups excluding carboxylic acids is 1. The molecule has 0 radical (unpaired) electrons. The number of nitrogens with one attached hydrogen (secondary N) is 1. The number of sulfonamides is 1. The van der Waals surface area contributed by atoms with Gasteiger partial charge in [0.1, 0.15) is 0 Å². The number of carbonyl (C=O) groups is 1. The summed E-state index contributed by atoms with van der Waals surface area (Å²) in [4.78, 5) is 12.8. The molecule has 0 spiro atoms. The highest BCUT2D eigenvalue weighted by Gasteiger charge is 2.45. The van der Waals surface area contributed by atoms with Crippen LogP contribution in [0.4, 0.5) is 0 Å². The molecule has 0 unspecified atom stereocenters. The molecule has 1 fully saturated rings. The van der Waals surface area contributed by atoms with Crippen LogP contribution in [-0.4, -0.2) is 31.7 Å². The van der Waals surface area contributed by atoms with Crippen LogP contribution in [0.2, 0.25) is 0 Å². The molecule has 144 valence electrons. The van der Waals surface area contributed by atoms with Crippen molar-refractivity contribution >= 4 is 31.9 Å². The van der Waals surface area contributed by atoms with Crippen molar-refractivity contribution in [2.24, 2.45) is 0 Å². The summed E-state index contributed by atoms with van der Waals surface area (Å²) < 4.78 is 27.4. The Morgan fingerprint density at radius 2 is 1.63 bits per heavy atom. The van der Waals surface area contributed by atoms with Gasteiger partial charge in [0.15, 0.2) is 0 Å². The highest BCUT2D eigenvalue weighted by atomic mass is 79.9. The van der Waals surface area contributed by atoms with E-state index in [2.05, 4.69) is 21.2 Å². The van der Waals surface area contributed by atoms with E-state index in [1.54, 1.807) is 19.2 Å². The fourth-order valence-electron chi connectivity index (χ4n) is 2.89. The van der Waals surface area contributed by atoms with E-state index in [1.807, 2.05) is 38.1 Å². The van der Waals surface area contributed by atoms with Crippen LogP contribution in [0.25, 0.3) is 0 Å². The third-order valence-electron chi connectivity index (χ3n) is 5.02. The lowest BCUT2D eigenvalue weighted by molar-refractivity contribution is 0.0930. The first kappa shape index (κ1) is 20.0. The van der Waals surface area contributed by atoms with E-state index >= 15 is 0 Å². The summed E-state index contributed by atoms with van der Waals surface area (Å²) in [6, 6.07) is 13.9. The van der Waals surface area contributed by atoms with Crippen molar-refractivity contribution in [3.8, 4) is 0 Å². The Morgan fingerprint density at radius 3 is 2.11 bits per heavy atom. The predicted molar refractivity (Wildman–Crippen MR) is 109 cm³/mol. The first-order valence-corrected chi connectivity index (χ1v) is 11.1. The van der Waals surface area contributed by atoms with Crippen LogP contribution in [0.3, 0.4) is 0 Å². The highest BCUT2D eigenvalue weighted by Crippen LogP contribution is 2.45. The molecule has 0 aromatic heterocycles. The summed E-state index contributed by atoms with van der Waals surface area (Å²) in [6.45, 7) is 3.63. The van der Waals surface area contributed by atoms with Crippen molar-refractivity contribution in [2.45, 2.75) is 43.2 Å². The monoisotopic (exact) mass is 450 g/mol. The smallest absolute Gasteiger partial charge is 0.251 e. The van der Waals surface area contributed by atoms with Crippen LogP contribution in [0.15, 0.2) is 57.9 Å². The first-order chi connectivity index (χ1) is 12.7. The molecule has 3 rings (SSSR count). The maximum Gasteiger partial charge on any atom is 0.251 e. The number of nitrogens with zero attached hydrogens (tertiary/aromatic N) is 1. The van der Waals surface area contributed by atoms with Gasteiger partial charge in [-0.25, -0.2) is 8.42 Å². The van der Waals surface area contributed by atoms with Crippen LogP contribution in [0, 0.1) is 0 Å². The Balaban J connectivity index is 1.76. The molecular weight excluding hydrogens is 428 g/mol. The van der Waals surface area contributed by atoms with E-state index in [1.165, 1.54) is 16.4 Å². The average Bonchev–Trinajstić information content (AvgIpc) is 3.42. The number of benzene rings is 2. The van der Waals surface area contributed by atoms with Gasteiger partial charge in [0.05, 0.1) is 10.4 Å². The third kappa shape index (κ3) is 4.10. The molecule has 2 aromatic carbocycles. The quantitative estimate of drug-likeness (QED) is 0.725. The molecule has 0 saturated heterocycles. The normalized spacial score (nSPS) is 15.8. The van der Waals surface area contributed by atoms with Crippen molar-refractivity contribution in [2.75, 3.05) is 7.05 Å². The number of hydrogen-bond donors (Lipinski definition) is 1. The molecule has 27 heavy (non-hydrogen) atoms. The van der Waals surface area contributed by atoms with Gasteiger partial charge in [-0.1, -0.05) is 28.1 Å². The van der Waals surface area contributed by atoms with Gasteiger partial charge >= 0.3 is 0 Å². The van der Waals surface area contributed by atoms with Gasteiger partial charge in [-0.15, -0.1) is 0 Å². The largest absolute Gasteiger partial charge is 0.343 e. The Hall–Kier alpha value is -1.70. The van der Waals surface area contributed by atoms with E-state index in [9.17, 15) is 13.2 Å². The Morgan fingerprint density at radius 1 is 1.07 bits per heavy atom. The van der Waals surface area contributed by atoms with Gasteiger partial charge < -0.3 is 5.32 Å². The van der Waals surface area contributed by atoms with Crippen LogP contribution in [0.5, 0.6) is 0 Å². The predicted octanol–water partition coefficient (Wildman–Crippen LogP) is 3.90. The molecule has 7 heteroatoms. The molecule has 1 N–H and O–H groups in total. The summed E-state index contributed by atoms with van der Waals surface area (Å²) in [5, 5.41) is 3.10. The lowest BCUT2D eigenvalue weighted by Crippen LogP contribution is -2.35. The Bertz CT molecular complexity index is 934. The number of halogens is 1. The zero-order chi connectivity index (χ0) is 19.8. The second-order valence-corrected chi connectivity index (χ2v) is 10.1. The van der Waals surface area contributed by atoms with Crippen LogP contribution >= 0.6 is 15.9 Å². The maximum atomic E-state index is 12.7. The van der Waals surface area contributed by atoms with E-state index in [4.69, 9.17) is 0 Å². The second-order valence-electron chi connectivity index (χ2n) is 7.18. The summed E-state index contributed by atoms with van der Waals surface area (Å²) >= 11 is 3.42. The van der Waals surface area contributed by atoms with Gasteiger partial charge in [0.25, 0.3) is 5.91 Å². The molecule has 1 aliphatic carbocycles. The van der Waals surface area contributed by atoms with E-state index in [0.717, 1.165) is 22.9 Å². The minimum atomic E-state index is -3.55. The van der Waals surface area contributed by atoms with Crippen LogP contribution < -0.4 is 5.32 Å². The van der Waals surface area contributed by atoms with Gasteiger partial charge in [0, 0.05) is 23.1 Å². The highest BCUT2D eigenvalue weighted by molar-refractivity contribution is 9.10. The Kier molecular flexibility index (Phi) is 5.47. The lowest BCUT2D eigenvalue weighted by atomic mass is 10.0.